The maximum Gasteiger partial charge on any atom is 0.282 e. The minimum atomic E-state index is -2.60. The molecule has 36 valence electrons. The van der Waals surface area contributed by atoms with Crippen molar-refractivity contribution in [3.63, 3.8) is 0 Å². The Labute approximate surface area is 50.3 Å². The molecule has 0 bridgehead atoms. The van der Waals surface area contributed by atoms with Crippen LogP contribution in [0.15, 0.2) is 0 Å². The van der Waals surface area contributed by atoms with E-state index in [9.17, 15) is 0 Å². The fraction of sp³-hybridized carbons (Fsp3) is 0. The van der Waals surface area contributed by atoms with Gasteiger partial charge in [-0.3, -0.25) is 0 Å². The summed E-state index contributed by atoms with van der Waals surface area (Å²) in [5.41, 5.74) is 0. The summed E-state index contributed by atoms with van der Waals surface area (Å²) in [5, 5.41) is 0. The van der Waals surface area contributed by atoms with Crippen molar-refractivity contribution < 1.29 is 49.7 Å². The molecule has 0 spiro atoms. The van der Waals surface area contributed by atoms with Crippen LogP contribution >= 0.6 is 0 Å². The predicted molar refractivity (Wildman–Crippen MR) is 5.83 cm³/mol. The molecule has 0 unspecified atom stereocenters. The summed E-state index contributed by atoms with van der Waals surface area (Å²) in [6, 6.07) is 0. The molecule has 3 N–H and O–H groups in total. The molecule has 4 nitrogen and oxygen atoms in total. The topological polar surface area (TPSA) is 97.9 Å². The van der Waals surface area contributed by atoms with Crippen LogP contribution in [-0.2, 0) is 19.5 Å². The van der Waals surface area contributed by atoms with Crippen LogP contribution in [0.5, 0.6) is 0 Å². The first-order chi connectivity index (χ1) is 1.73. The molecular weight excluding hydrogens is 165 g/mol. The van der Waals surface area contributed by atoms with Crippen molar-refractivity contribution in [2.75, 3.05) is 0 Å². The molecule has 6 heavy (non-hydrogen) atoms. The van der Waals surface area contributed by atoms with Crippen LogP contribution < -0.4 is 9.32 Å². The van der Waals surface area contributed by atoms with Gasteiger partial charge in [0.15, 0.2) is 0 Å². The Morgan fingerprint density at radius 3 is 1.33 bits per heavy atom. The number of hydrogen-bond donors (Lipinski definition) is 1. The first kappa shape index (κ1) is 15.9. The third-order valence-corrected chi connectivity index (χ3v) is 0. The molecule has 0 saturated heterocycles. The van der Waals surface area contributed by atoms with Crippen LogP contribution in [-0.4, -0.2) is 10.1 Å². The number of hydrogen-bond acceptors (Lipinski definition) is 3. The molecule has 0 atom stereocenters. The van der Waals surface area contributed by atoms with Gasteiger partial charge < -0.3 is 14.8 Å². The van der Waals surface area contributed by atoms with Crippen molar-refractivity contribution in [2.24, 2.45) is 0 Å². The average molecular weight is 168 g/mol. The number of halogens is 1. The maximum atomic E-state index is 8.52. The van der Waals surface area contributed by atoms with Gasteiger partial charge in [0.05, 0.1) is 0 Å². The van der Waals surface area contributed by atoms with Gasteiger partial charge in [-0.15, -0.1) is 0 Å². The molecule has 0 fully saturated rings. The average Bonchev–Trinajstić information content (AvgIpc) is 0.811. The zero-order valence-electron chi connectivity index (χ0n) is 2.85. The molecule has 0 aliphatic carbocycles. The van der Waals surface area contributed by atoms with E-state index in [1.165, 1.54) is 0 Å². The van der Waals surface area contributed by atoms with Crippen LogP contribution in [0.2, 0.25) is 0 Å². The van der Waals surface area contributed by atoms with Crippen molar-refractivity contribution in [1.82, 2.24) is 0 Å². The van der Waals surface area contributed by atoms with Crippen LogP contribution in [0.3, 0.4) is 0 Å². The fourth-order valence-corrected chi connectivity index (χ4v) is 0. The van der Waals surface area contributed by atoms with E-state index in [2.05, 4.69) is 0 Å². The minimum absolute atomic E-state index is 0. The zero-order chi connectivity index (χ0) is 3.58. The second-order valence-electron chi connectivity index (χ2n) is 0.201. The summed E-state index contributed by atoms with van der Waals surface area (Å²) in [5.74, 6) is 0. The molecule has 0 aliphatic rings. The van der Waals surface area contributed by atoms with Crippen molar-refractivity contribution in [3.05, 3.63) is 0 Å². The quantitative estimate of drug-likeness (QED) is 0.376. The summed E-state index contributed by atoms with van der Waals surface area (Å²) in [6.07, 6.45) is 0. The second kappa shape index (κ2) is 9.23. The Kier molecular flexibility index (Phi) is 24.4. The smallest absolute Gasteiger partial charge is 0.282 e. The largest absolute Gasteiger partial charge is 0.412 e. The molecule has 0 aromatic carbocycles. The van der Waals surface area contributed by atoms with E-state index < -0.39 is 10.8 Å². The van der Waals surface area contributed by atoms with Gasteiger partial charge in [0, 0.05) is 24.1 Å². The van der Waals surface area contributed by atoms with Gasteiger partial charge in [-0.05, 0) is 0 Å². The molecule has 0 heterocycles. The van der Waals surface area contributed by atoms with Crippen LogP contribution in [0.4, 0.5) is 0 Å². The van der Waals surface area contributed by atoms with E-state index in [-0.39, 0.29) is 25.0 Å². The summed E-state index contributed by atoms with van der Waals surface area (Å²) in [4.78, 5) is 0. The van der Waals surface area contributed by atoms with Crippen molar-refractivity contribution in [3.8, 4) is 0 Å². The van der Waals surface area contributed by atoms with Gasteiger partial charge in [0.1, 0.15) is 0 Å². The maximum absolute atomic E-state index is 8.52. The van der Waals surface area contributed by atoms with Gasteiger partial charge in [0.2, 0.25) is 0 Å². The van der Waals surface area contributed by atoms with E-state index in [4.69, 9.17) is 14.0 Å². The molecule has 0 radical (unpaired) electrons. The van der Waals surface area contributed by atoms with Gasteiger partial charge >= 0.3 is 0 Å². The standard InChI is InChI=1S/ClHO3.H2O.Zn/c2-1(3)4;;/h2H;1H2;. The van der Waals surface area contributed by atoms with E-state index in [0.717, 1.165) is 0 Å². The molecule has 6 heteroatoms. The molecule has 0 amide bonds. The summed E-state index contributed by atoms with van der Waals surface area (Å²) in [7, 11) is -2.60. The third kappa shape index (κ3) is 118. The van der Waals surface area contributed by atoms with E-state index in [0.29, 0.717) is 0 Å². The minimum Gasteiger partial charge on any atom is -0.412 e. The Morgan fingerprint density at radius 2 is 1.33 bits per heavy atom. The van der Waals surface area contributed by atoms with Gasteiger partial charge in [-0.1, -0.05) is 0 Å². The van der Waals surface area contributed by atoms with Crippen LogP contribution in [0.25, 0.3) is 0 Å². The summed E-state index contributed by atoms with van der Waals surface area (Å²) < 4.78 is 24.0. The van der Waals surface area contributed by atoms with Crippen molar-refractivity contribution >= 4 is 0 Å². The summed E-state index contributed by atoms with van der Waals surface area (Å²) >= 11 is 0. The zero-order valence-corrected chi connectivity index (χ0v) is 6.57. The Bertz CT molecular complexity index is 12.3. The second-order valence-corrected chi connectivity index (χ2v) is 0.603. The monoisotopic (exact) mass is 166 g/mol. The van der Waals surface area contributed by atoms with E-state index in [1.54, 1.807) is 0 Å². The fourth-order valence-electron chi connectivity index (χ4n) is 0. The Balaban J connectivity index is -0.0000000450. The van der Waals surface area contributed by atoms with Gasteiger partial charge in [-0.25, -0.2) is 0 Å². The molecule has 0 saturated carbocycles. The Morgan fingerprint density at radius 1 is 1.33 bits per heavy atom. The molecule has 0 aromatic rings. The first-order valence-corrected chi connectivity index (χ1v) is 1.43. The third-order valence-electron chi connectivity index (χ3n) is 0. The SMILES string of the molecule is O.[O-][Cl+2]([O-])O.[Zn]. The van der Waals surface area contributed by atoms with E-state index >= 15 is 0 Å². The Hall–Kier alpha value is 0.753. The molecule has 0 rings (SSSR count). The normalized spacial score (nSPS) is 6.00. The first-order valence-electron chi connectivity index (χ1n) is 0.478. The molecular formula is H3ClO4Zn. The predicted octanol–water partition coefficient (Wildman–Crippen LogP) is -3.76. The molecule has 0 aromatic heterocycles. The van der Waals surface area contributed by atoms with Gasteiger partial charge in [0.25, 0.3) is 10.8 Å². The van der Waals surface area contributed by atoms with Gasteiger partial charge in [-0.2, -0.15) is 0 Å². The van der Waals surface area contributed by atoms with Crippen LogP contribution in [0, 0.1) is 10.8 Å². The summed E-state index contributed by atoms with van der Waals surface area (Å²) in [6.45, 7) is 0. The van der Waals surface area contributed by atoms with Crippen LogP contribution in [0.1, 0.15) is 0 Å². The number of rotatable bonds is 0. The van der Waals surface area contributed by atoms with E-state index in [1.807, 2.05) is 0 Å². The van der Waals surface area contributed by atoms with Crippen molar-refractivity contribution in [1.29, 1.82) is 0 Å². The van der Waals surface area contributed by atoms with Crippen molar-refractivity contribution in [2.45, 2.75) is 0 Å². The molecule has 0 aliphatic heterocycles.